The van der Waals surface area contributed by atoms with E-state index < -0.39 is 0 Å². The van der Waals surface area contributed by atoms with Crippen molar-refractivity contribution in [2.75, 3.05) is 6.54 Å². The Balaban J connectivity index is 0.000000561. The molecule has 2 nitrogen and oxygen atoms in total. The molecule has 0 aromatic rings. The van der Waals surface area contributed by atoms with Crippen LogP contribution in [-0.4, -0.2) is 18.6 Å². The molecule has 1 atom stereocenters. The Hall–Kier alpha value is -0.660. The first-order valence-electron chi connectivity index (χ1n) is 4.77. The smallest absolute Gasteiger partial charge is 0.109 e. The highest BCUT2D eigenvalue weighted by molar-refractivity contribution is 5.95. The molecule has 0 aromatic carbocycles. The quantitative estimate of drug-likeness (QED) is 0.575. The van der Waals surface area contributed by atoms with Gasteiger partial charge in [-0.25, -0.2) is 4.99 Å². The van der Waals surface area contributed by atoms with Gasteiger partial charge in [0.05, 0.1) is 0 Å². The molecular formula is C10H20N2. The van der Waals surface area contributed by atoms with Crippen molar-refractivity contribution >= 4 is 12.1 Å². The summed E-state index contributed by atoms with van der Waals surface area (Å²) in [6, 6.07) is 0. The van der Waals surface area contributed by atoms with E-state index in [1.807, 2.05) is 13.8 Å². The average molecular weight is 168 g/mol. The maximum atomic E-state index is 4.23. The molecule has 0 saturated heterocycles. The molecule has 0 saturated carbocycles. The Morgan fingerprint density at radius 2 is 2.00 bits per heavy atom. The molecule has 0 N–H and O–H groups in total. The molecule has 0 bridgehead atoms. The second-order valence-corrected chi connectivity index (χ2v) is 3.09. The first-order chi connectivity index (χ1) is 5.72. The summed E-state index contributed by atoms with van der Waals surface area (Å²) in [7, 11) is 0. The van der Waals surface area contributed by atoms with Crippen LogP contribution in [0.2, 0.25) is 0 Å². The van der Waals surface area contributed by atoms with E-state index in [9.17, 15) is 0 Å². The first kappa shape index (κ1) is 11.3. The van der Waals surface area contributed by atoms with Crippen molar-refractivity contribution in [3.8, 4) is 0 Å². The van der Waals surface area contributed by atoms with Crippen molar-refractivity contribution in [3.63, 3.8) is 0 Å². The average Bonchev–Trinajstić information content (AvgIpc) is 2.08. The van der Waals surface area contributed by atoms with Crippen molar-refractivity contribution in [1.82, 2.24) is 0 Å². The lowest BCUT2D eigenvalue weighted by Crippen LogP contribution is -2.22. The highest BCUT2D eigenvalue weighted by Crippen LogP contribution is 2.11. The fourth-order valence-electron chi connectivity index (χ4n) is 1.25. The van der Waals surface area contributed by atoms with Crippen LogP contribution in [-0.2, 0) is 0 Å². The molecule has 1 heterocycles. The summed E-state index contributed by atoms with van der Waals surface area (Å²) >= 11 is 0. The maximum Gasteiger partial charge on any atom is 0.109 e. The van der Waals surface area contributed by atoms with Crippen molar-refractivity contribution < 1.29 is 0 Å². The van der Waals surface area contributed by atoms with E-state index >= 15 is 0 Å². The zero-order valence-corrected chi connectivity index (χ0v) is 8.83. The van der Waals surface area contributed by atoms with Crippen LogP contribution < -0.4 is 0 Å². The van der Waals surface area contributed by atoms with E-state index in [2.05, 4.69) is 30.8 Å². The maximum absolute atomic E-state index is 4.23. The molecule has 0 amide bonds. The van der Waals surface area contributed by atoms with Crippen LogP contribution in [0.15, 0.2) is 9.98 Å². The predicted octanol–water partition coefficient (Wildman–Crippen LogP) is 2.79. The van der Waals surface area contributed by atoms with Gasteiger partial charge in [-0.05, 0) is 5.92 Å². The number of hydrogen-bond acceptors (Lipinski definition) is 2. The Labute approximate surface area is 75.8 Å². The van der Waals surface area contributed by atoms with Crippen molar-refractivity contribution in [2.45, 2.75) is 34.6 Å². The Kier molecular flexibility index (Phi) is 5.60. The van der Waals surface area contributed by atoms with E-state index in [0.29, 0.717) is 11.8 Å². The molecule has 1 rings (SSSR count). The van der Waals surface area contributed by atoms with Crippen LogP contribution in [0.5, 0.6) is 0 Å². The van der Waals surface area contributed by atoms with Gasteiger partial charge in [-0.3, -0.25) is 4.99 Å². The molecule has 0 aromatic heterocycles. The molecule has 0 aliphatic carbocycles. The van der Waals surface area contributed by atoms with Gasteiger partial charge in [0.15, 0.2) is 0 Å². The predicted molar refractivity (Wildman–Crippen MR) is 56.1 cm³/mol. The lowest BCUT2D eigenvalue weighted by atomic mass is 9.95. The number of rotatable bonds is 1. The van der Waals surface area contributed by atoms with Crippen LogP contribution in [0, 0.1) is 11.8 Å². The SMILES string of the molecule is CC.CC(C)C1=NC=NCC1C. The van der Waals surface area contributed by atoms with Gasteiger partial charge in [-0.2, -0.15) is 0 Å². The first-order valence-corrected chi connectivity index (χ1v) is 4.77. The minimum atomic E-state index is 0.546. The van der Waals surface area contributed by atoms with E-state index in [1.54, 1.807) is 6.34 Å². The third-order valence-corrected chi connectivity index (χ3v) is 1.76. The molecular weight excluding hydrogens is 148 g/mol. The summed E-state index contributed by atoms with van der Waals surface area (Å²) < 4.78 is 0. The van der Waals surface area contributed by atoms with Gasteiger partial charge in [0.25, 0.3) is 0 Å². The van der Waals surface area contributed by atoms with Crippen molar-refractivity contribution in [1.29, 1.82) is 0 Å². The van der Waals surface area contributed by atoms with Crippen LogP contribution in [0.1, 0.15) is 34.6 Å². The Bertz CT molecular complexity index is 169. The molecule has 0 spiro atoms. The van der Waals surface area contributed by atoms with Gasteiger partial charge in [0.1, 0.15) is 6.34 Å². The summed E-state index contributed by atoms with van der Waals surface area (Å²) in [4.78, 5) is 8.31. The summed E-state index contributed by atoms with van der Waals surface area (Å²) in [5.41, 5.74) is 1.29. The lowest BCUT2D eigenvalue weighted by molar-refractivity contribution is 0.709. The molecule has 2 heteroatoms. The minimum absolute atomic E-state index is 0.546. The summed E-state index contributed by atoms with van der Waals surface area (Å²) in [5, 5.41) is 0. The molecule has 0 fully saturated rings. The number of hydrogen-bond donors (Lipinski definition) is 0. The van der Waals surface area contributed by atoms with Gasteiger partial charge in [-0.1, -0.05) is 34.6 Å². The second-order valence-electron chi connectivity index (χ2n) is 3.09. The molecule has 0 radical (unpaired) electrons. The van der Waals surface area contributed by atoms with E-state index in [1.165, 1.54) is 5.71 Å². The standard InChI is InChI=1S/C8H14N2.C2H6/c1-6(2)8-7(3)4-9-5-10-8;1-2/h5-7H,4H2,1-3H3;1-2H3. The fourth-order valence-corrected chi connectivity index (χ4v) is 1.25. The molecule has 1 aliphatic rings. The van der Waals surface area contributed by atoms with Gasteiger partial charge in [-0.15, -0.1) is 0 Å². The van der Waals surface area contributed by atoms with Crippen LogP contribution in [0.25, 0.3) is 0 Å². The van der Waals surface area contributed by atoms with Gasteiger partial charge >= 0.3 is 0 Å². The molecule has 12 heavy (non-hydrogen) atoms. The molecule has 1 aliphatic heterocycles. The minimum Gasteiger partial charge on any atom is -0.273 e. The summed E-state index contributed by atoms with van der Waals surface area (Å²) in [6.45, 7) is 11.4. The van der Waals surface area contributed by atoms with E-state index in [4.69, 9.17) is 0 Å². The lowest BCUT2D eigenvalue weighted by Gasteiger charge is -2.17. The normalized spacial score (nSPS) is 21.5. The third-order valence-electron chi connectivity index (χ3n) is 1.76. The topological polar surface area (TPSA) is 24.7 Å². The molecule has 70 valence electrons. The highest BCUT2D eigenvalue weighted by atomic mass is 14.9. The van der Waals surface area contributed by atoms with Gasteiger partial charge in [0, 0.05) is 18.2 Å². The summed E-state index contributed by atoms with van der Waals surface area (Å²) in [6.07, 6.45) is 1.68. The van der Waals surface area contributed by atoms with E-state index in [0.717, 1.165) is 6.54 Å². The van der Waals surface area contributed by atoms with Crippen molar-refractivity contribution in [3.05, 3.63) is 0 Å². The van der Waals surface area contributed by atoms with Crippen LogP contribution >= 0.6 is 0 Å². The zero-order valence-electron chi connectivity index (χ0n) is 8.83. The Morgan fingerprint density at radius 1 is 1.42 bits per heavy atom. The van der Waals surface area contributed by atoms with Gasteiger partial charge < -0.3 is 0 Å². The monoisotopic (exact) mass is 168 g/mol. The van der Waals surface area contributed by atoms with Gasteiger partial charge in [0.2, 0.25) is 0 Å². The largest absolute Gasteiger partial charge is 0.273 e. The van der Waals surface area contributed by atoms with Crippen LogP contribution in [0.3, 0.4) is 0 Å². The fraction of sp³-hybridized carbons (Fsp3) is 0.800. The summed E-state index contributed by atoms with van der Waals surface area (Å²) in [5.74, 6) is 1.12. The van der Waals surface area contributed by atoms with Crippen LogP contribution in [0.4, 0.5) is 0 Å². The number of aliphatic imine (C=N–C) groups is 2. The second kappa shape index (κ2) is 5.92. The number of nitrogens with zero attached hydrogens (tertiary/aromatic N) is 2. The van der Waals surface area contributed by atoms with E-state index in [-0.39, 0.29) is 0 Å². The third kappa shape index (κ3) is 3.16. The highest BCUT2D eigenvalue weighted by Gasteiger charge is 2.14. The Morgan fingerprint density at radius 3 is 2.33 bits per heavy atom. The molecule has 1 unspecified atom stereocenters. The zero-order chi connectivity index (χ0) is 9.56. The van der Waals surface area contributed by atoms with Crippen molar-refractivity contribution in [2.24, 2.45) is 21.8 Å².